The van der Waals surface area contributed by atoms with Gasteiger partial charge in [0.15, 0.2) is 0 Å². The van der Waals surface area contributed by atoms with Crippen molar-refractivity contribution >= 4 is 21.7 Å². The van der Waals surface area contributed by atoms with E-state index in [9.17, 15) is 0 Å². The molecule has 0 saturated heterocycles. The SMILES string of the molecule is Cc1ccc(-c2nn(-c3ccccc3Br)c3c2CCCCN3)cc1. The van der Waals surface area contributed by atoms with Crippen molar-refractivity contribution in [2.75, 3.05) is 11.9 Å². The van der Waals surface area contributed by atoms with Crippen LogP contribution in [-0.4, -0.2) is 16.3 Å². The van der Waals surface area contributed by atoms with E-state index >= 15 is 0 Å². The maximum absolute atomic E-state index is 4.99. The van der Waals surface area contributed by atoms with Crippen LogP contribution in [0.15, 0.2) is 53.0 Å². The van der Waals surface area contributed by atoms with Gasteiger partial charge in [-0.1, -0.05) is 42.0 Å². The number of hydrogen-bond acceptors (Lipinski definition) is 2. The molecular weight excluding hydrogens is 362 g/mol. The summed E-state index contributed by atoms with van der Waals surface area (Å²) < 4.78 is 3.11. The molecule has 2 aromatic carbocycles. The Morgan fingerprint density at radius 1 is 1.04 bits per heavy atom. The van der Waals surface area contributed by atoms with Gasteiger partial charge < -0.3 is 5.32 Å². The molecule has 24 heavy (non-hydrogen) atoms. The lowest BCUT2D eigenvalue weighted by Crippen LogP contribution is -2.07. The number of para-hydroxylation sites is 1. The van der Waals surface area contributed by atoms with Crippen molar-refractivity contribution in [2.45, 2.75) is 26.2 Å². The number of halogens is 1. The number of fused-ring (bicyclic) bond motifs is 1. The molecular formula is C20H20BrN3. The van der Waals surface area contributed by atoms with E-state index in [0.29, 0.717) is 0 Å². The van der Waals surface area contributed by atoms with Gasteiger partial charge in [0, 0.05) is 22.1 Å². The lowest BCUT2D eigenvalue weighted by atomic mass is 10.0. The zero-order chi connectivity index (χ0) is 16.5. The summed E-state index contributed by atoms with van der Waals surface area (Å²) >= 11 is 3.67. The number of benzene rings is 2. The van der Waals surface area contributed by atoms with E-state index in [1.165, 1.54) is 29.5 Å². The monoisotopic (exact) mass is 381 g/mol. The molecule has 0 bridgehead atoms. The van der Waals surface area contributed by atoms with Crippen LogP contribution >= 0.6 is 15.9 Å². The van der Waals surface area contributed by atoms with Crippen LogP contribution in [0.1, 0.15) is 24.0 Å². The molecule has 3 aromatic rings. The van der Waals surface area contributed by atoms with E-state index in [1.807, 2.05) is 6.07 Å². The van der Waals surface area contributed by atoms with E-state index in [2.05, 4.69) is 75.3 Å². The molecule has 3 nitrogen and oxygen atoms in total. The number of aromatic nitrogens is 2. The van der Waals surface area contributed by atoms with Crippen LogP contribution in [0.3, 0.4) is 0 Å². The first-order valence-corrected chi connectivity index (χ1v) is 9.21. The number of nitrogens with one attached hydrogen (secondary N) is 1. The second-order valence-electron chi connectivity index (χ2n) is 6.29. The van der Waals surface area contributed by atoms with Gasteiger partial charge in [-0.25, -0.2) is 4.68 Å². The summed E-state index contributed by atoms with van der Waals surface area (Å²) in [6, 6.07) is 16.9. The average molecular weight is 382 g/mol. The zero-order valence-electron chi connectivity index (χ0n) is 13.7. The molecule has 122 valence electrons. The normalized spacial score (nSPS) is 13.9. The van der Waals surface area contributed by atoms with Crippen LogP contribution < -0.4 is 5.32 Å². The van der Waals surface area contributed by atoms with Crippen molar-refractivity contribution < 1.29 is 0 Å². The van der Waals surface area contributed by atoms with Crippen LogP contribution in [0.4, 0.5) is 5.82 Å². The van der Waals surface area contributed by atoms with Gasteiger partial charge >= 0.3 is 0 Å². The number of rotatable bonds is 2. The molecule has 1 aliphatic rings. The molecule has 0 atom stereocenters. The highest BCUT2D eigenvalue weighted by Gasteiger charge is 2.22. The van der Waals surface area contributed by atoms with Crippen molar-refractivity contribution in [3.63, 3.8) is 0 Å². The van der Waals surface area contributed by atoms with Gasteiger partial charge in [0.25, 0.3) is 0 Å². The fraction of sp³-hybridized carbons (Fsp3) is 0.250. The van der Waals surface area contributed by atoms with Crippen LogP contribution in [0, 0.1) is 6.92 Å². The quantitative estimate of drug-likeness (QED) is 0.647. The number of anilines is 1. The molecule has 0 radical (unpaired) electrons. The Morgan fingerprint density at radius 3 is 2.62 bits per heavy atom. The summed E-state index contributed by atoms with van der Waals surface area (Å²) in [4.78, 5) is 0. The van der Waals surface area contributed by atoms with E-state index in [4.69, 9.17) is 5.10 Å². The van der Waals surface area contributed by atoms with Crippen molar-refractivity contribution in [1.29, 1.82) is 0 Å². The van der Waals surface area contributed by atoms with Gasteiger partial charge in [-0.15, -0.1) is 0 Å². The average Bonchev–Trinajstić information content (AvgIpc) is 2.78. The molecule has 1 aromatic heterocycles. The Morgan fingerprint density at radius 2 is 1.83 bits per heavy atom. The molecule has 4 heteroatoms. The van der Waals surface area contributed by atoms with Gasteiger partial charge in [0.05, 0.1) is 11.4 Å². The third-order valence-corrected chi connectivity index (χ3v) is 5.21. The fourth-order valence-electron chi connectivity index (χ4n) is 3.24. The fourth-order valence-corrected chi connectivity index (χ4v) is 3.70. The Kier molecular flexibility index (Phi) is 4.15. The summed E-state index contributed by atoms with van der Waals surface area (Å²) in [6.07, 6.45) is 3.45. The number of hydrogen-bond donors (Lipinski definition) is 1. The highest BCUT2D eigenvalue weighted by Crippen LogP contribution is 2.35. The Bertz CT molecular complexity index is 865. The molecule has 2 heterocycles. The van der Waals surface area contributed by atoms with Crippen LogP contribution in [-0.2, 0) is 6.42 Å². The largest absolute Gasteiger partial charge is 0.370 e. The van der Waals surface area contributed by atoms with E-state index < -0.39 is 0 Å². The van der Waals surface area contributed by atoms with Gasteiger partial charge in [0.2, 0.25) is 0 Å². The van der Waals surface area contributed by atoms with Gasteiger partial charge in [-0.05, 0) is 54.2 Å². The highest BCUT2D eigenvalue weighted by molar-refractivity contribution is 9.10. The number of aryl methyl sites for hydroxylation is 1. The van der Waals surface area contributed by atoms with E-state index in [1.54, 1.807) is 0 Å². The molecule has 1 aliphatic heterocycles. The smallest absolute Gasteiger partial charge is 0.133 e. The van der Waals surface area contributed by atoms with Crippen molar-refractivity contribution in [3.05, 3.63) is 64.1 Å². The topological polar surface area (TPSA) is 29.9 Å². The Hall–Kier alpha value is -2.07. The van der Waals surface area contributed by atoms with Crippen LogP contribution in [0.25, 0.3) is 16.9 Å². The molecule has 0 spiro atoms. The van der Waals surface area contributed by atoms with Crippen molar-refractivity contribution in [3.8, 4) is 16.9 Å². The second-order valence-corrected chi connectivity index (χ2v) is 7.14. The Labute approximate surface area is 150 Å². The maximum atomic E-state index is 4.99. The molecule has 0 aliphatic carbocycles. The molecule has 4 rings (SSSR count). The first kappa shape index (κ1) is 15.5. The van der Waals surface area contributed by atoms with Crippen molar-refractivity contribution in [1.82, 2.24) is 9.78 Å². The molecule has 0 fully saturated rings. The van der Waals surface area contributed by atoms with Gasteiger partial charge in [-0.3, -0.25) is 0 Å². The standard InChI is InChI=1S/C20H20BrN3/c1-14-9-11-15(12-10-14)19-16-6-4-5-13-22-20(16)24(23-19)18-8-3-2-7-17(18)21/h2-3,7-12,22H,4-6,13H2,1H3. The molecule has 1 N–H and O–H groups in total. The van der Waals surface area contributed by atoms with Crippen LogP contribution in [0.2, 0.25) is 0 Å². The van der Waals surface area contributed by atoms with Crippen LogP contribution in [0.5, 0.6) is 0 Å². The van der Waals surface area contributed by atoms with E-state index in [-0.39, 0.29) is 0 Å². The van der Waals surface area contributed by atoms with Crippen molar-refractivity contribution in [2.24, 2.45) is 0 Å². The Balaban J connectivity index is 1.92. The van der Waals surface area contributed by atoms with Gasteiger partial charge in [0.1, 0.15) is 5.82 Å². The predicted octanol–water partition coefficient (Wildman–Crippen LogP) is 5.36. The third-order valence-electron chi connectivity index (χ3n) is 4.54. The maximum Gasteiger partial charge on any atom is 0.133 e. The highest BCUT2D eigenvalue weighted by atomic mass is 79.9. The lowest BCUT2D eigenvalue weighted by Gasteiger charge is -2.10. The number of nitrogens with zero attached hydrogens (tertiary/aromatic N) is 2. The summed E-state index contributed by atoms with van der Waals surface area (Å²) in [5.74, 6) is 1.13. The zero-order valence-corrected chi connectivity index (χ0v) is 15.3. The van der Waals surface area contributed by atoms with E-state index in [0.717, 1.165) is 34.6 Å². The molecule has 0 amide bonds. The molecule has 0 saturated carbocycles. The summed E-state index contributed by atoms with van der Waals surface area (Å²) in [6.45, 7) is 3.11. The minimum absolute atomic E-state index is 0.997. The first-order valence-electron chi connectivity index (χ1n) is 8.42. The lowest BCUT2D eigenvalue weighted by molar-refractivity contribution is 0.780. The summed E-state index contributed by atoms with van der Waals surface area (Å²) in [7, 11) is 0. The van der Waals surface area contributed by atoms with Gasteiger partial charge in [-0.2, -0.15) is 5.10 Å². The predicted molar refractivity (Wildman–Crippen MR) is 103 cm³/mol. The molecule has 0 unspecified atom stereocenters. The second kappa shape index (κ2) is 6.44. The third kappa shape index (κ3) is 2.75. The minimum atomic E-state index is 0.997. The minimum Gasteiger partial charge on any atom is -0.370 e. The summed E-state index contributed by atoms with van der Waals surface area (Å²) in [5.41, 5.74) is 5.95. The first-order chi connectivity index (χ1) is 11.7. The summed E-state index contributed by atoms with van der Waals surface area (Å²) in [5, 5.41) is 8.59.